The second-order valence-corrected chi connectivity index (χ2v) is 4.20. The van der Waals surface area contributed by atoms with Gasteiger partial charge in [-0.1, -0.05) is 18.2 Å². The standard InChI is InChI=1S/C14H11F4N/c15-10-5-4-8(6-12(10)17)7-13(19)9-2-1-3-11(16)14(9)18/h1-6,13H,7,19H2. The van der Waals surface area contributed by atoms with Crippen molar-refractivity contribution in [2.45, 2.75) is 12.5 Å². The van der Waals surface area contributed by atoms with E-state index in [0.717, 1.165) is 18.2 Å². The minimum Gasteiger partial charge on any atom is -0.324 e. The highest BCUT2D eigenvalue weighted by molar-refractivity contribution is 5.26. The summed E-state index contributed by atoms with van der Waals surface area (Å²) in [6.07, 6.45) is 0.0809. The predicted octanol–water partition coefficient (Wildman–Crippen LogP) is 3.49. The Bertz CT molecular complexity index is 598. The van der Waals surface area contributed by atoms with E-state index in [1.54, 1.807) is 0 Å². The van der Waals surface area contributed by atoms with Crippen molar-refractivity contribution in [3.63, 3.8) is 0 Å². The molecule has 0 aliphatic heterocycles. The van der Waals surface area contributed by atoms with Crippen LogP contribution in [-0.2, 0) is 6.42 Å². The summed E-state index contributed by atoms with van der Waals surface area (Å²) in [5.74, 6) is -3.96. The lowest BCUT2D eigenvalue weighted by Crippen LogP contribution is -2.16. The summed E-state index contributed by atoms with van der Waals surface area (Å²) < 4.78 is 52.4. The van der Waals surface area contributed by atoms with Crippen molar-refractivity contribution < 1.29 is 17.6 Å². The van der Waals surface area contributed by atoms with Gasteiger partial charge in [-0.2, -0.15) is 0 Å². The van der Waals surface area contributed by atoms with E-state index in [-0.39, 0.29) is 12.0 Å². The van der Waals surface area contributed by atoms with Crippen molar-refractivity contribution in [3.05, 3.63) is 70.8 Å². The molecule has 2 aromatic rings. The van der Waals surface area contributed by atoms with E-state index in [1.807, 2.05) is 0 Å². The van der Waals surface area contributed by atoms with Crippen molar-refractivity contribution in [2.75, 3.05) is 0 Å². The number of nitrogens with two attached hydrogens (primary N) is 1. The van der Waals surface area contributed by atoms with Gasteiger partial charge in [0.05, 0.1) is 0 Å². The van der Waals surface area contributed by atoms with Crippen LogP contribution in [-0.4, -0.2) is 0 Å². The Hall–Kier alpha value is -1.88. The van der Waals surface area contributed by atoms with Gasteiger partial charge in [0.2, 0.25) is 0 Å². The molecule has 0 aliphatic rings. The lowest BCUT2D eigenvalue weighted by atomic mass is 9.99. The molecule has 2 rings (SSSR count). The van der Waals surface area contributed by atoms with E-state index in [9.17, 15) is 17.6 Å². The quantitative estimate of drug-likeness (QED) is 0.848. The fourth-order valence-electron chi connectivity index (χ4n) is 1.84. The summed E-state index contributed by atoms with van der Waals surface area (Å²) in [6.45, 7) is 0. The Morgan fingerprint density at radius 3 is 2.32 bits per heavy atom. The van der Waals surface area contributed by atoms with Crippen molar-refractivity contribution in [3.8, 4) is 0 Å². The maximum absolute atomic E-state index is 13.5. The van der Waals surface area contributed by atoms with Gasteiger partial charge in [-0.15, -0.1) is 0 Å². The first-order chi connectivity index (χ1) is 8.99. The van der Waals surface area contributed by atoms with Crippen LogP contribution in [0, 0.1) is 23.3 Å². The van der Waals surface area contributed by atoms with Gasteiger partial charge in [-0.05, 0) is 30.2 Å². The minimum atomic E-state index is -1.02. The third-order valence-corrected chi connectivity index (χ3v) is 2.82. The first-order valence-corrected chi connectivity index (χ1v) is 5.62. The van der Waals surface area contributed by atoms with E-state index in [4.69, 9.17) is 5.73 Å². The van der Waals surface area contributed by atoms with Crippen LogP contribution in [0.1, 0.15) is 17.2 Å². The SMILES string of the molecule is NC(Cc1ccc(F)c(F)c1)c1cccc(F)c1F. The van der Waals surface area contributed by atoms with E-state index < -0.39 is 29.3 Å². The van der Waals surface area contributed by atoms with E-state index in [2.05, 4.69) is 0 Å². The highest BCUT2D eigenvalue weighted by Gasteiger charge is 2.15. The van der Waals surface area contributed by atoms with Gasteiger partial charge >= 0.3 is 0 Å². The minimum absolute atomic E-state index is 0.00438. The summed E-state index contributed by atoms with van der Waals surface area (Å²) >= 11 is 0. The van der Waals surface area contributed by atoms with Crippen LogP contribution in [0.25, 0.3) is 0 Å². The van der Waals surface area contributed by atoms with Gasteiger partial charge in [-0.25, -0.2) is 17.6 Å². The average molecular weight is 269 g/mol. The average Bonchev–Trinajstić information content (AvgIpc) is 2.37. The zero-order valence-electron chi connectivity index (χ0n) is 9.84. The molecule has 0 bridgehead atoms. The molecule has 1 unspecified atom stereocenters. The molecule has 100 valence electrons. The van der Waals surface area contributed by atoms with Gasteiger partial charge in [0.1, 0.15) is 0 Å². The molecule has 2 N–H and O–H groups in total. The summed E-state index contributed by atoms with van der Waals surface area (Å²) in [7, 11) is 0. The van der Waals surface area contributed by atoms with Gasteiger partial charge in [0, 0.05) is 11.6 Å². The molecule has 0 saturated heterocycles. The summed E-state index contributed by atoms with van der Waals surface area (Å²) in [6, 6.07) is 6.19. The first-order valence-electron chi connectivity index (χ1n) is 5.62. The molecule has 0 aromatic heterocycles. The number of hydrogen-bond donors (Lipinski definition) is 1. The van der Waals surface area contributed by atoms with Gasteiger partial charge < -0.3 is 5.73 Å². The Balaban J connectivity index is 2.23. The Kier molecular flexibility index (Phi) is 3.85. The Morgan fingerprint density at radius 2 is 1.63 bits per heavy atom. The van der Waals surface area contributed by atoms with Gasteiger partial charge in [0.15, 0.2) is 23.3 Å². The molecule has 1 nitrogen and oxygen atoms in total. The van der Waals surface area contributed by atoms with Crippen molar-refractivity contribution >= 4 is 0 Å². The Labute approximate surface area is 107 Å². The summed E-state index contributed by atoms with van der Waals surface area (Å²) in [4.78, 5) is 0. The maximum atomic E-state index is 13.5. The largest absolute Gasteiger partial charge is 0.324 e. The highest BCUT2D eigenvalue weighted by atomic mass is 19.2. The smallest absolute Gasteiger partial charge is 0.163 e. The van der Waals surface area contributed by atoms with E-state index in [1.165, 1.54) is 18.2 Å². The van der Waals surface area contributed by atoms with Crippen molar-refractivity contribution in [2.24, 2.45) is 5.73 Å². The molecule has 19 heavy (non-hydrogen) atoms. The number of halogens is 4. The molecule has 0 amide bonds. The normalized spacial score (nSPS) is 12.5. The molecule has 1 atom stereocenters. The fraction of sp³-hybridized carbons (Fsp3) is 0.143. The molecule has 0 fully saturated rings. The third-order valence-electron chi connectivity index (χ3n) is 2.82. The monoisotopic (exact) mass is 269 g/mol. The van der Waals surface area contributed by atoms with Crippen LogP contribution >= 0.6 is 0 Å². The van der Waals surface area contributed by atoms with Crippen molar-refractivity contribution in [1.82, 2.24) is 0 Å². The predicted molar refractivity (Wildman–Crippen MR) is 63.3 cm³/mol. The van der Waals surface area contributed by atoms with E-state index >= 15 is 0 Å². The topological polar surface area (TPSA) is 26.0 Å². The second-order valence-electron chi connectivity index (χ2n) is 4.20. The lowest BCUT2D eigenvalue weighted by molar-refractivity contribution is 0.486. The van der Waals surface area contributed by atoms with Crippen LogP contribution in [0.4, 0.5) is 17.6 Å². The highest BCUT2D eigenvalue weighted by Crippen LogP contribution is 2.21. The molecular weight excluding hydrogens is 258 g/mol. The second kappa shape index (κ2) is 5.40. The molecule has 0 aliphatic carbocycles. The molecule has 2 aromatic carbocycles. The number of rotatable bonds is 3. The van der Waals surface area contributed by atoms with Crippen LogP contribution in [0.15, 0.2) is 36.4 Å². The molecule has 0 heterocycles. The maximum Gasteiger partial charge on any atom is 0.163 e. The van der Waals surface area contributed by atoms with Crippen LogP contribution < -0.4 is 5.73 Å². The van der Waals surface area contributed by atoms with Gasteiger partial charge in [0.25, 0.3) is 0 Å². The number of hydrogen-bond acceptors (Lipinski definition) is 1. The zero-order valence-corrected chi connectivity index (χ0v) is 9.84. The van der Waals surface area contributed by atoms with Gasteiger partial charge in [-0.3, -0.25) is 0 Å². The molecule has 0 saturated carbocycles. The van der Waals surface area contributed by atoms with Crippen LogP contribution in [0.3, 0.4) is 0 Å². The molecule has 0 radical (unpaired) electrons. The number of benzene rings is 2. The molecule has 0 spiro atoms. The van der Waals surface area contributed by atoms with Crippen LogP contribution in [0.5, 0.6) is 0 Å². The molecular formula is C14H11F4N. The fourth-order valence-corrected chi connectivity index (χ4v) is 1.84. The molecule has 5 heteroatoms. The van der Waals surface area contributed by atoms with Crippen LogP contribution in [0.2, 0.25) is 0 Å². The lowest BCUT2D eigenvalue weighted by Gasteiger charge is -2.13. The van der Waals surface area contributed by atoms with E-state index in [0.29, 0.717) is 5.56 Å². The first kappa shape index (κ1) is 13.5. The van der Waals surface area contributed by atoms with Crippen molar-refractivity contribution in [1.29, 1.82) is 0 Å². The summed E-state index contributed by atoms with van der Waals surface area (Å²) in [5.41, 5.74) is 6.18. The Morgan fingerprint density at radius 1 is 0.895 bits per heavy atom. The zero-order chi connectivity index (χ0) is 14.0. The summed E-state index contributed by atoms with van der Waals surface area (Å²) in [5, 5.41) is 0. The third kappa shape index (κ3) is 2.93.